The molecule has 0 saturated carbocycles. The Hall–Kier alpha value is -2.87. The molecule has 0 spiro atoms. The lowest BCUT2D eigenvalue weighted by Gasteiger charge is -2.26. The molecule has 0 unspecified atom stereocenters. The number of ether oxygens (including phenoxy) is 2. The minimum Gasteiger partial charge on any atom is -0.484 e. The SMILES string of the molecule is CN(Cc1ccc(OCC(=O)N2CCOCC2)cc1)C[C@H](O)Cn1ccc2ccccc21. The number of aliphatic hydroxyl groups excluding tert-OH is 1. The fraction of sp³-hybridized carbons (Fsp3) is 0.400. The first-order valence-electron chi connectivity index (χ1n) is 11.1. The van der Waals surface area contributed by atoms with E-state index < -0.39 is 6.10 Å². The summed E-state index contributed by atoms with van der Waals surface area (Å²) in [5.74, 6) is 0.666. The first-order valence-corrected chi connectivity index (χ1v) is 11.1. The van der Waals surface area contributed by atoms with Crippen molar-refractivity contribution in [3.05, 3.63) is 66.4 Å². The van der Waals surface area contributed by atoms with E-state index in [0.29, 0.717) is 45.1 Å². The van der Waals surface area contributed by atoms with Crippen LogP contribution in [-0.2, 0) is 22.6 Å². The van der Waals surface area contributed by atoms with E-state index in [4.69, 9.17) is 9.47 Å². The van der Waals surface area contributed by atoms with Gasteiger partial charge in [0.15, 0.2) is 6.61 Å². The normalized spacial score (nSPS) is 15.3. The highest BCUT2D eigenvalue weighted by Crippen LogP contribution is 2.17. The van der Waals surface area contributed by atoms with E-state index in [0.717, 1.165) is 17.6 Å². The topological polar surface area (TPSA) is 67.2 Å². The highest BCUT2D eigenvalue weighted by molar-refractivity contribution is 5.80. The molecule has 0 aliphatic carbocycles. The summed E-state index contributed by atoms with van der Waals surface area (Å²) in [4.78, 5) is 16.1. The number of amides is 1. The molecule has 1 aromatic heterocycles. The number of morpholine rings is 1. The number of benzene rings is 2. The molecule has 7 heteroatoms. The Balaban J connectivity index is 1.22. The average Bonchev–Trinajstić information content (AvgIpc) is 3.21. The Morgan fingerprint density at radius 3 is 2.66 bits per heavy atom. The molecule has 7 nitrogen and oxygen atoms in total. The number of fused-ring (bicyclic) bond motifs is 1. The predicted octanol–water partition coefficient (Wildman–Crippen LogP) is 2.37. The number of rotatable bonds is 9. The van der Waals surface area contributed by atoms with E-state index in [1.807, 2.05) is 49.6 Å². The lowest BCUT2D eigenvalue weighted by molar-refractivity contribution is -0.137. The van der Waals surface area contributed by atoms with Crippen LogP contribution in [0.15, 0.2) is 60.8 Å². The van der Waals surface area contributed by atoms with Crippen LogP contribution in [0.2, 0.25) is 0 Å². The summed E-state index contributed by atoms with van der Waals surface area (Å²) in [5.41, 5.74) is 2.26. The van der Waals surface area contributed by atoms with Crippen molar-refractivity contribution in [1.82, 2.24) is 14.4 Å². The highest BCUT2D eigenvalue weighted by atomic mass is 16.5. The fourth-order valence-corrected chi connectivity index (χ4v) is 4.06. The fourth-order valence-electron chi connectivity index (χ4n) is 4.06. The summed E-state index contributed by atoms with van der Waals surface area (Å²) < 4.78 is 13.0. The van der Waals surface area contributed by atoms with Crippen molar-refractivity contribution < 1.29 is 19.4 Å². The molecule has 1 fully saturated rings. The number of nitrogens with zero attached hydrogens (tertiary/aromatic N) is 3. The zero-order valence-corrected chi connectivity index (χ0v) is 18.5. The molecular formula is C25H31N3O4. The number of hydrogen-bond donors (Lipinski definition) is 1. The third kappa shape index (κ3) is 5.88. The van der Waals surface area contributed by atoms with Crippen LogP contribution in [0.25, 0.3) is 10.9 Å². The molecule has 2 aromatic carbocycles. The molecule has 170 valence electrons. The van der Waals surface area contributed by atoms with Gasteiger partial charge in [0.1, 0.15) is 5.75 Å². The lowest BCUT2D eigenvalue weighted by Crippen LogP contribution is -2.42. The van der Waals surface area contributed by atoms with E-state index in [1.165, 1.54) is 5.39 Å². The van der Waals surface area contributed by atoms with Crippen LogP contribution in [0.4, 0.5) is 0 Å². The molecule has 3 aromatic rings. The second-order valence-corrected chi connectivity index (χ2v) is 8.30. The van der Waals surface area contributed by atoms with Gasteiger partial charge in [-0.1, -0.05) is 30.3 Å². The number of aliphatic hydroxyl groups is 1. The van der Waals surface area contributed by atoms with Gasteiger partial charge >= 0.3 is 0 Å². The molecule has 0 bridgehead atoms. The smallest absolute Gasteiger partial charge is 0.260 e. The molecule has 1 saturated heterocycles. The molecule has 0 radical (unpaired) electrons. The molecule has 1 N–H and O–H groups in total. The number of carbonyl (C=O) groups is 1. The maximum absolute atomic E-state index is 12.2. The van der Waals surface area contributed by atoms with E-state index in [-0.39, 0.29) is 12.5 Å². The van der Waals surface area contributed by atoms with Crippen molar-refractivity contribution in [2.75, 3.05) is 46.5 Å². The number of aromatic nitrogens is 1. The van der Waals surface area contributed by atoms with Crippen LogP contribution in [-0.4, -0.2) is 78.0 Å². The molecular weight excluding hydrogens is 406 g/mol. The molecule has 2 heterocycles. The van der Waals surface area contributed by atoms with Gasteiger partial charge in [-0.15, -0.1) is 0 Å². The molecule has 32 heavy (non-hydrogen) atoms. The standard InChI is InChI=1S/C25H31N3O4/c1-26(17-22(29)18-28-11-10-21-4-2-3-5-24(21)28)16-20-6-8-23(9-7-20)32-19-25(30)27-12-14-31-15-13-27/h2-11,22,29H,12-19H2,1H3/t22-/m0/s1. The van der Waals surface area contributed by atoms with Gasteiger partial charge in [-0.25, -0.2) is 0 Å². The number of para-hydroxylation sites is 1. The van der Waals surface area contributed by atoms with Crippen molar-refractivity contribution in [3.63, 3.8) is 0 Å². The van der Waals surface area contributed by atoms with Gasteiger partial charge in [0.2, 0.25) is 0 Å². The maximum atomic E-state index is 12.2. The van der Waals surface area contributed by atoms with Crippen LogP contribution in [0.3, 0.4) is 0 Å². The van der Waals surface area contributed by atoms with E-state index in [2.05, 4.69) is 27.7 Å². The number of carbonyl (C=O) groups excluding carboxylic acids is 1. The minimum atomic E-state index is -0.468. The summed E-state index contributed by atoms with van der Waals surface area (Å²) in [5, 5.41) is 11.8. The first kappa shape index (κ1) is 22.3. The number of hydrogen-bond acceptors (Lipinski definition) is 5. The largest absolute Gasteiger partial charge is 0.484 e. The van der Waals surface area contributed by atoms with Gasteiger partial charge in [-0.05, 0) is 42.3 Å². The summed E-state index contributed by atoms with van der Waals surface area (Å²) in [6.07, 6.45) is 1.56. The summed E-state index contributed by atoms with van der Waals surface area (Å²) >= 11 is 0. The lowest BCUT2D eigenvalue weighted by atomic mass is 10.2. The summed E-state index contributed by atoms with van der Waals surface area (Å²) in [6, 6.07) is 18.0. The second-order valence-electron chi connectivity index (χ2n) is 8.30. The third-order valence-electron chi connectivity index (χ3n) is 5.71. The van der Waals surface area contributed by atoms with Crippen LogP contribution in [0, 0.1) is 0 Å². The minimum absolute atomic E-state index is 0.0124. The average molecular weight is 438 g/mol. The zero-order valence-electron chi connectivity index (χ0n) is 18.5. The second kappa shape index (κ2) is 10.6. The van der Waals surface area contributed by atoms with Crippen molar-refractivity contribution in [2.45, 2.75) is 19.2 Å². The van der Waals surface area contributed by atoms with Gasteiger partial charge in [-0.3, -0.25) is 9.69 Å². The van der Waals surface area contributed by atoms with Gasteiger partial charge in [-0.2, -0.15) is 0 Å². The molecule has 4 rings (SSSR count). The molecule has 1 aliphatic rings. The van der Waals surface area contributed by atoms with E-state index >= 15 is 0 Å². The van der Waals surface area contributed by atoms with Crippen molar-refractivity contribution >= 4 is 16.8 Å². The van der Waals surface area contributed by atoms with Crippen LogP contribution >= 0.6 is 0 Å². The van der Waals surface area contributed by atoms with E-state index in [1.54, 1.807) is 4.90 Å². The monoisotopic (exact) mass is 437 g/mol. The van der Waals surface area contributed by atoms with Gasteiger partial charge in [0, 0.05) is 44.4 Å². The third-order valence-corrected chi connectivity index (χ3v) is 5.71. The number of likely N-dealkylation sites (N-methyl/N-ethyl adjacent to an activating group) is 1. The van der Waals surface area contributed by atoms with Gasteiger partial charge in [0.05, 0.1) is 19.3 Å². The predicted molar refractivity (Wildman–Crippen MR) is 124 cm³/mol. The molecule has 1 amide bonds. The molecule has 1 atom stereocenters. The van der Waals surface area contributed by atoms with Crippen molar-refractivity contribution in [2.24, 2.45) is 0 Å². The molecule has 1 aliphatic heterocycles. The Kier molecular flexibility index (Phi) is 7.42. The Labute approximate surface area is 188 Å². The Morgan fingerprint density at radius 1 is 1.12 bits per heavy atom. The van der Waals surface area contributed by atoms with E-state index in [9.17, 15) is 9.90 Å². The van der Waals surface area contributed by atoms with Gasteiger partial charge < -0.3 is 24.0 Å². The summed E-state index contributed by atoms with van der Waals surface area (Å²) in [6.45, 7) is 4.31. The van der Waals surface area contributed by atoms with Crippen LogP contribution < -0.4 is 4.74 Å². The highest BCUT2D eigenvalue weighted by Gasteiger charge is 2.17. The maximum Gasteiger partial charge on any atom is 0.260 e. The van der Waals surface area contributed by atoms with Crippen LogP contribution in [0.5, 0.6) is 5.75 Å². The van der Waals surface area contributed by atoms with Crippen molar-refractivity contribution in [1.29, 1.82) is 0 Å². The van der Waals surface area contributed by atoms with Crippen LogP contribution in [0.1, 0.15) is 5.56 Å². The van der Waals surface area contributed by atoms with Crippen molar-refractivity contribution in [3.8, 4) is 5.75 Å². The summed E-state index contributed by atoms with van der Waals surface area (Å²) in [7, 11) is 2.00. The Morgan fingerprint density at radius 2 is 1.88 bits per heavy atom. The first-order chi connectivity index (χ1) is 15.6. The Bertz CT molecular complexity index is 1010. The van der Waals surface area contributed by atoms with Gasteiger partial charge in [0.25, 0.3) is 5.91 Å². The zero-order chi connectivity index (χ0) is 22.3. The quantitative estimate of drug-likeness (QED) is 0.557.